The number of anilines is 1. The fourth-order valence-corrected chi connectivity index (χ4v) is 4.45. The van der Waals surface area contributed by atoms with E-state index in [9.17, 15) is 18.4 Å². The fourth-order valence-electron chi connectivity index (χ4n) is 2.82. The SMILES string of the molecule is CC(=O)Nc1nnc(SCC(=O)NC[C@H]2CN(Cc3ccc(F)c(F)c3)CCO2)s1. The number of carbonyl (C=O) groups excluding carboxylic acids is 2. The van der Waals surface area contributed by atoms with Crippen LogP contribution in [0.1, 0.15) is 12.5 Å². The Balaban J connectivity index is 1.39. The number of rotatable bonds is 8. The van der Waals surface area contributed by atoms with E-state index < -0.39 is 11.6 Å². The Morgan fingerprint density at radius 2 is 2.17 bits per heavy atom. The maximum atomic E-state index is 13.4. The summed E-state index contributed by atoms with van der Waals surface area (Å²) in [6.07, 6.45) is -0.189. The number of aromatic nitrogens is 2. The molecule has 12 heteroatoms. The van der Waals surface area contributed by atoms with Crippen LogP contribution >= 0.6 is 23.1 Å². The molecule has 1 aromatic heterocycles. The van der Waals surface area contributed by atoms with Gasteiger partial charge >= 0.3 is 0 Å². The van der Waals surface area contributed by atoms with Gasteiger partial charge in [-0.15, -0.1) is 10.2 Å². The number of morpholine rings is 1. The normalized spacial score (nSPS) is 17.0. The minimum Gasteiger partial charge on any atom is -0.374 e. The molecule has 2 amide bonds. The molecule has 162 valence electrons. The molecule has 2 aromatic rings. The second kappa shape index (κ2) is 10.8. The first-order valence-corrected chi connectivity index (χ1v) is 11.0. The molecular formula is C18H21F2N5O3S2. The lowest BCUT2D eigenvalue weighted by Crippen LogP contribution is -2.47. The molecule has 1 saturated heterocycles. The predicted molar refractivity (Wildman–Crippen MR) is 109 cm³/mol. The van der Waals surface area contributed by atoms with Crippen molar-refractivity contribution in [2.24, 2.45) is 0 Å². The average molecular weight is 458 g/mol. The predicted octanol–water partition coefficient (Wildman–Crippen LogP) is 1.88. The Morgan fingerprint density at radius 1 is 1.33 bits per heavy atom. The van der Waals surface area contributed by atoms with Gasteiger partial charge in [0.25, 0.3) is 0 Å². The zero-order valence-electron chi connectivity index (χ0n) is 16.2. The number of nitrogens with zero attached hydrogens (tertiary/aromatic N) is 3. The number of hydrogen-bond donors (Lipinski definition) is 2. The van der Waals surface area contributed by atoms with E-state index >= 15 is 0 Å². The van der Waals surface area contributed by atoms with Gasteiger partial charge in [0.2, 0.25) is 16.9 Å². The number of hydrogen-bond acceptors (Lipinski definition) is 8. The van der Waals surface area contributed by atoms with Crippen LogP contribution in [0.25, 0.3) is 0 Å². The van der Waals surface area contributed by atoms with Crippen LogP contribution < -0.4 is 10.6 Å². The zero-order valence-corrected chi connectivity index (χ0v) is 17.8. The topological polar surface area (TPSA) is 96.5 Å². The molecule has 0 aliphatic carbocycles. The van der Waals surface area contributed by atoms with Gasteiger partial charge in [0.1, 0.15) is 0 Å². The van der Waals surface area contributed by atoms with E-state index in [1.807, 2.05) is 0 Å². The monoisotopic (exact) mass is 457 g/mol. The first-order valence-electron chi connectivity index (χ1n) is 9.17. The highest BCUT2D eigenvalue weighted by Gasteiger charge is 2.21. The molecule has 1 atom stereocenters. The number of amides is 2. The third-order valence-electron chi connectivity index (χ3n) is 4.16. The first kappa shape index (κ1) is 22.5. The molecule has 0 radical (unpaired) electrons. The first-order chi connectivity index (χ1) is 14.4. The van der Waals surface area contributed by atoms with Crippen LogP contribution in [0.15, 0.2) is 22.5 Å². The molecular weight excluding hydrogens is 436 g/mol. The minimum atomic E-state index is -0.862. The van der Waals surface area contributed by atoms with Gasteiger partial charge in [0, 0.05) is 33.1 Å². The second-order valence-corrected chi connectivity index (χ2v) is 8.82. The van der Waals surface area contributed by atoms with Gasteiger partial charge in [-0.2, -0.15) is 0 Å². The third-order valence-corrected chi connectivity index (χ3v) is 6.13. The van der Waals surface area contributed by atoms with Gasteiger partial charge in [0.05, 0.1) is 18.5 Å². The molecule has 1 aromatic carbocycles. The Morgan fingerprint density at radius 3 is 2.93 bits per heavy atom. The van der Waals surface area contributed by atoms with Crippen LogP contribution in [0.5, 0.6) is 0 Å². The van der Waals surface area contributed by atoms with Crippen LogP contribution in [0.4, 0.5) is 13.9 Å². The van der Waals surface area contributed by atoms with Crippen molar-refractivity contribution >= 4 is 40.0 Å². The summed E-state index contributed by atoms with van der Waals surface area (Å²) >= 11 is 2.43. The van der Waals surface area contributed by atoms with Crippen LogP contribution in [0, 0.1) is 11.6 Å². The molecule has 1 fully saturated rings. The van der Waals surface area contributed by atoms with E-state index in [0.717, 1.165) is 6.07 Å². The fraction of sp³-hybridized carbons (Fsp3) is 0.444. The summed E-state index contributed by atoms with van der Waals surface area (Å²) < 4.78 is 32.7. The van der Waals surface area contributed by atoms with Gasteiger partial charge in [0.15, 0.2) is 16.0 Å². The lowest BCUT2D eigenvalue weighted by Gasteiger charge is -2.33. The molecule has 2 N–H and O–H groups in total. The molecule has 0 unspecified atom stereocenters. The van der Waals surface area contributed by atoms with E-state index in [0.29, 0.717) is 47.8 Å². The van der Waals surface area contributed by atoms with E-state index in [-0.39, 0.29) is 23.7 Å². The zero-order chi connectivity index (χ0) is 21.5. The molecule has 1 aliphatic heterocycles. The molecule has 30 heavy (non-hydrogen) atoms. The highest BCUT2D eigenvalue weighted by molar-refractivity contribution is 8.01. The summed E-state index contributed by atoms with van der Waals surface area (Å²) in [4.78, 5) is 25.2. The largest absolute Gasteiger partial charge is 0.374 e. The summed E-state index contributed by atoms with van der Waals surface area (Å²) in [5.41, 5.74) is 0.686. The standard InChI is InChI=1S/C18H21F2N5O3S2/c1-11(26)22-17-23-24-18(30-17)29-10-16(27)21-7-13-9-25(4-5-28-13)8-12-2-3-14(19)15(20)6-12/h2-3,6,13H,4-5,7-10H2,1H3,(H,21,27)(H,22,23,26)/t13-/m0/s1. The Labute approximate surface area is 180 Å². The molecule has 3 rings (SSSR count). The molecule has 1 aliphatic rings. The number of ether oxygens (including phenoxy) is 1. The molecule has 2 heterocycles. The van der Waals surface area contributed by atoms with E-state index in [1.165, 1.54) is 36.1 Å². The highest BCUT2D eigenvalue weighted by Crippen LogP contribution is 2.25. The van der Waals surface area contributed by atoms with Gasteiger partial charge in [-0.05, 0) is 17.7 Å². The lowest BCUT2D eigenvalue weighted by molar-refractivity contribution is -0.119. The maximum absolute atomic E-state index is 13.4. The van der Waals surface area contributed by atoms with Crippen LogP contribution in [-0.2, 0) is 20.9 Å². The van der Waals surface area contributed by atoms with Crippen LogP contribution in [-0.4, -0.2) is 65.0 Å². The van der Waals surface area contributed by atoms with Gasteiger partial charge in [-0.1, -0.05) is 29.2 Å². The van der Waals surface area contributed by atoms with Gasteiger partial charge < -0.3 is 15.4 Å². The van der Waals surface area contributed by atoms with Crippen molar-refractivity contribution in [3.63, 3.8) is 0 Å². The van der Waals surface area contributed by atoms with E-state index in [1.54, 1.807) is 6.07 Å². The van der Waals surface area contributed by atoms with Crippen molar-refractivity contribution in [3.8, 4) is 0 Å². The summed E-state index contributed by atoms with van der Waals surface area (Å²) in [7, 11) is 0. The summed E-state index contributed by atoms with van der Waals surface area (Å²) in [5.74, 6) is -1.95. The van der Waals surface area contributed by atoms with E-state index in [2.05, 4.69) is 25.7 Å². The van der Waals surface area contributed by atoms with Crippen LogP contribution in [0.2, 0.25) is 0 Å². The highest BCUT2D eigenvalue weighted by atomic mass is 32.2. The number of halogens is 2. The van der Waals surface area contributed by atoms with Crippen molar-refractivity contribution < 1.29 is 23.1 Å². The third kappa shape index (κ3) is 6.97. The summed E-state index contributed by atoms with van der Waals surface area (Å²) in [6, 6.07) is 3.88. The molecule has 0 bridgehead atoms. The van der Waals surface area contributed by atoms with Gasteiger partial charge in [-0.25, -0.2) is 8.78 Å². The number of nitrogens with one attached hydrogen (secondary N) is 2. The molecule has 8 nitrogen and oxygen atoms in total. The maximum Gasteiger partial charge on any atom is 0.230 e. The Kier molecular flexibility index (Phi) is 8.08. The quantitative estimate of drug-likeness (QED) is 0.462. The number of carbonyl (C=O) groups is 2. The summed E-state index contributed by atoms with van der Waals surface area (Å²) in [6.45, 7) is 3.95. The smallest absolute Gasteiger partial charge is 0.230 e. The number of benzene rings is 1. The molecule has 0 spiro atoms. The molecule has 0 saturated carbocycles. The Hall–Kier alpha value is -2.15. The second-order valence-electron chi connectivity index (χ2n) is 6.62. The van der Waals surface area contributed by atoms with Crippen molar-refractivity contribution in [3.05, 3.63) is 35.4 Å². The van der Waals surface area contributed by atoms with E-state index in [4.69, 9.17) is 4.74 Å². The van der Waals surface area contributed by atoms with Crippen molar-refractivity contribution in [2.75, 3.05) is 37.3 Å². The van der Waals surface area contributed by atoms with Crippen LogP contribution in [0.3, 0.4) is 0 Å². The lowest BCUT2D eigenvalue weighted by atomic mass is 10.1. The van der Waals surface area contributed by atoms with Gasteiger partial charge in [-0.3, -0.25) is 14.5 Å². The van der Waals surface area contributed by atoms with Crippen molar-refractivity contribution in [2.45, 2.75) is 23.9 Å². The number of thioether (sulfide) groups is 1. The minimum absolute atomic E-state index is 0.167. The van der Waals surface area contributed by atoms with Crippen molar-refractivity contribution in [1.29, 1.82) is 0 Å². The average Bonchev–Trinajstić information content (AvgIpc) is 3.14. The van der Waals surface area contributed by atoms with Crippen molar-refractivity contribution in [1.82, 2.24) is 20.4 Å². The summed E-state index contributed by atoms with van der Waals surface area (Å²) in [5, 5.41) is 13.5. The Bertz CT molecular complexity index is 898.